The number of aromatic nitrogens is 6. The highest BCUT2D eigenvalue weighted by molar-refractivity contribution is 6.30. The Morgan fingerprint density at radius 1 is 1.21 bits per heavy atom. The van der Waals surface area contributed by atoms with E-state index in [1.54, 1.807) is 23.2 Å². The van der Waals surface area contributed by atoms with E-state index in [-0.39, 0.29) is 30.5 Å². The molecule has 1 saturated heterocycles. The maximum Gasteiger partial charge on any atom is 0.420 e. The lowest BCUT2D eigenvalue weighted by molar-refractivity contribution is 0.0120. The molecule has 1 fully saturated rings. The van der Waals surface area contributed by atoms with E-state index >= 15 is 0 Å². The summed E-state index contributed by atoms with van der Waals surface area (Å²) >= 11 is 5.93. The van der Waals surface area contributed by atoms with E-state index in [1.165, 1.54) is 17.0 Å². The Hall–Kier alpha value is -4.76. The maximum absolute atomic E-state index is 12.9. The zero-order valence-corrected chi connectivity index (χ0v) is 28.1. The highest BCUT2D eigenvalue weighted by atomic mass is 35.5. The zero-order chi connectivity index (χ0) is 33.6. The summed E-state index contributed by atoms with van der Waals surface area (Å²) in [5, 5.41) is 16.4. The standard InChI is InChI=1S/C34H37ClN8O4/c1-19(2)11-25-23(13-36)30(21-7-8-27-28(12-21)46-33(45)42(27)18-29-37-14-22(35)15-38-29)24-16-39-43(31(24)40-25)26-9-10-41(17-20(26)3)32(44)47-34(4,5)6/h7-8,12,14-16,19-20,26H,9-11,17-18H2,1-6H3/t20-,26-/m1/s1. The number of halogens is 1. The van der Waals surface area contributed by atoms with Gasteiger partial charge in [-0.1, -0.05) is 38.4 Å². The Kier molecular flexibility index (Phi) is 8.53. The summed E-state index contributed by atoms with van der Waals surface area (Å²) in [5.41, 5.74) is 3.61. The number of pyridine rings is 1. The van der Waals surface area contributed by atoms with E-state index in [1.807, 2.05) is 31.5 Å². The van der Waals surface area contributed by atoms with Crippen molar-refractivity contribution in [3.8, 4) is 17.2 Å². The van der Waals surface area contributed by atoms with Crippen LogP contribution in [0.15, 0.2) is 46.0 Å². The molecule has 0 aliphatic carbocycles. The highest BCUT2D eigenvalue weighted by Crippen LogP contribution is 2.38. The molecule has 13 heteroatoms. The molecule has 244 valence electrons. The Bertz CT molecular complexity index is 2070. The molecular weight excluding hydrogens is 620 g/mol. The van der Waals surface area contributed by atoms with Crippen LogP contribution in [0.2, 0.25) is 5.02 Å². The van der Waals surface area contributed by atoms with Gasteiger partial charge in [0, 0.05) is 36.4 Å². The van der Waals surface area contributed by atoms with Crippen LogP contribution in [0, 0.1) is 23.2 Å². The summed E-state index contributed by atoms with van der Waals surface area (Å²) in [7, 11) is 0. The van der Waals surface area contributed by atoms with Crippen LogP contribution >= 0.6 is 11.6 Å². The first-order chi connectivity index (χ1) is 22.3. The number of ether oxygens (including phenoxy) is 1. The minimum absolute atomic E-state index is 0.0176. The topological polar surface area (TPSA) is 145 Å². The monoisotopic (exact) mass is 656 g/mol. The van der Waals surface area contributed by atoms with Gasteiger partial charge in [-0.05, 0) is 63.1 Å². The maximum atomic E-state index is 12.9. The second-order valence-corrected chi connectivity index (χ2v) is 14.0. The van der Waals surface area contributed by atoms with Crippen LogP contribution in [0.25, 0.3) is 33.3 Å². The lowest BCUT2D eigenvalue weighted by Gasteiger charge is -2.37. The first kappa shape index (κ1) is 32.2. The molecule has 0 radical (unpaired) electrons. The van der Waals surface area contributed by atoms with Gasteiger partial charge >= 0.3 is 11.8 Å². The number of nitriles is 1. The second kappa shape index (κ2) is 12.4. The van der Waals surface area contributed by atoms with Crippen LogP contribution in [0.4, 0.5) is 4.79 Å². The summed E-state index contributed by atoms with van der Waals surface area (Å²) < 4.78 is 14.7. The van der Waals surface area contributed by atoms with Crippen molar-refractivity contribution in [1.82, 2.24) is 34.2 Å². The van der Waals surface area contributed by atoms with Crippen molar-refractivity contribution in [3.05, 3.63) is 69.4 Å². The van der Waals surface area contributed by atoms with Gasteiger partial charge in [0.15, 0.2) is 11.2 Å². The normalized spacial score (nSPS) is 17.0. The van der Waals surface area contributed by atoms with Crippen molar-refractivity contribution < 1.29 is 13.9 Å². The summed E-state index contributed by atoms with van der Waals surface area (Å²) in [5.74, 6) is 0.194. The van der Waals surface area contributed by atoms with E-state index < -0.39 is 11.4 Å². The smallest absolute Gasteiger partial charge is 0.420 e. The van der Waals surface area contributed by atoms with Gasteiger partial charge in [0.05, 0.1) is 40.6 Å². The van der Waals surface area contributed by atoms with Gasteiger partial charge in [-0.3, -0.25) is 4.57 Å². The van der Waals surface area contributed by atoms with Crippen molar-refractivity contribution in [2.45, 2.75) is 72.6 Å². The molecule has 5 aromatic rings. The highest BCUT2D eigenvalue weighted by Gasteiger charge is 2.34. The molecule has 0 bridgehead atoms. The fraction of sp³-hybridized carbons (Fsp3) is 0.441. The fourth-order valence-corrected chi connectivity index (χ4v) is 6.32. The van der Waals surface area contributed by atoms with E-state index in [2.05, 4.69) is 36.8 Å². The molecule has 0 spiro atoms. The van der Waals surface area contributed by atoms with Crippen molar-refractivity contribution in [3.63, 3.8) is 0 Å². The number of oxazole rings is 1. The SMILES string of the molecule is CC(C)Cc1nc2c(cnn2[C@@H]2CCN(C(=O)OC(C)(C)C)C[C@H]2C)c(-c2ccc3c(c2)oc(=O)n3Cc2ncc(Cl)cn2)c1C#N. The number of nitrogens with zero attached hydrogens (tertiary/aromatic N) is 8. The molecule has 1 aliphatic heterocycles. The Balaban J connectivity index is 1.41. The van der Waals surface area contributed by atoms with E-state index in [9.17, 15) is 14.9 Å². The van der Waals surface area contributed by atoms with Crippen molar-refractivity contribution in [2.24, 2.45) is 11.8 Å². The zero-order valence-electron chi connectivity index (χ0n) is 27.3. The molecule has 0 unspecified atom stereocenters. The van der Waals surface area contributed by atoms with Crippen molar-refractivity contribution in [1.29, 1.82) is 5.26 Å². The number of rotatable bonds is 6. The van der Waals surface area contributed by atoms with Crippen LogP contribution < -0.4 is 5.76 Å². The molecule has 47 heavy (non-hydrogen) atoms. The quantitative estimate of drug-likeness (QED) is 0.203. The number of hydrogen-bond acceptors (Lipinski definition) is 9. The number of carbonyl (C=O) groups is 1. The van der Waals surface area contributed by atoms with Gasteiger partial charge in [-0.2, -0.15) is 10.4 Å². The number of carbonyl (C=O) groups excluding carboxylic acids is 1. The number of fused-ring (bicyclic) bond motifs is 2. The summed E-state index contributed by atoms with van der Waals surface area (Å²) in [6, 6.07) is 7.86. The molecule has 0 saturated carbocycles. The largest absolute Gasteiger partial charge is 0.444 e. The average molecular weight is 657 g/mol. The average Bonchev–Trinajstić information content (AvgIpc) is 3.55. The Labute approximate surface area is 276 Å². The molecular formula is C34H37ClN8O4. The summed E-state index contributed by atoms with van der Waals surface area (Å²) in [4.78, 5) is 40.9. The van der Waals surface area contributed by atoms with Crippen molar-refractivity contribution >= 4 is 39.8 Å². The van der Waals surface area contributed by atoms with Crippen LogP contribution in [0.3, 0.4) is 0 Å². The minimum Gasteiger partial charge on any atom is -0.444 e. The van der Waals surface area contributed by atoms with Gasteiger partial charge in [0.2, 0.25) is 0 Å². The molecule has 5 heterocycles. The van der Waals surface area contributed by atoms with Gasteiger partial charge in [0.1, 0.15) is 17.5 Å². The van der Waals surface area contributed by atoms with E-state index in [0.29, 0.717) is 75.9 Å². The van der Waals surface area contributed by atoms with Crippen LogP contribution in [0.5, 0.6) is 0 Å². The minimum atomic E-state index is -0.569. The Morgan fingerprint density at radius 2 is 1.96 bits per heavy atom. The first-order valence-electron chi connectivity index (χ1n) is 15.7. The van der Waals surface area contributed by atoms with E-state index in [4.69, 9.17) is 30.8 Å². The Morgan fingerprint density at radius 3 is 2.62 bits per heavy atom. The first-order valence-corrected chi connectivity index (χ1v) is 16.1. The molecule has 12 nitrogen and oxygen atoms in total. The van der Waals surface area contributed by atoms with Crippen molar-refractivity contribution in [2.75, 3.05) is 13.1 Å². The summed E-state index contributed by atoms with van der Waals surface area (Å²) in [6.45, 7) is 13.0. The third-order valence-electron chi connectivity index (χ3n) is 8.29. The van der Waals surface area contributed by atoms with Gasteiger partial charge in [-0.15, -0.1) is 0 Å². The number of benzene rings is 1. The van der Waals surface area contributed by atoms with Gasteiger partial charge < -0.3 is 14.1 Å². The van der Waals surface area contributed by atoms with E-state index in [0.717, 1.165) is 5.39 Å². The molecule has 4 aromatic heterocycles. The predicted molar refractivity (Wildman–Crippen MR) is 177 cm³/mol. The number of hydrogen-bond donors (Lipinski definition) is 0. The van der Waals surface area contributed by atoms with Crippen LogP contribution in [-0.2, 0) is 17.7 Å². The summed E-state index contributed by atoms with van der Waals surface area (Å²) in [6.07, 6.45) is 5.67. The van der Waals surface area contributed by atoms with Gasteiger partial charge in [-0.25, -0.2) is 29.2 Å². The number of piperidine rings is 1. The second-order valence-electron chi connectivity index (χ2n) is 13.6. The third-order valence-corrected chi connectivity index (χ3v) is 8.48. The van der Waals surface area contributed by atoms with Gasteiger partial charge in [0.25, 0.3) is 0 Å². The van der Waals surface area contributed by atoms with Crippen LogP contribution in [-0.4, -0.2) is 59.0 Å². The molecule has 1 aliphatic rings. The fourth-order valence-electron chi connectivity index (χ4n) is 6.23. The molecule has 1 amide bonds. The molecule has 0 N–H and O–H groups in total. The number of amides is 1. The number of likely N-dealkylation sites (tertiary alicyclic amines) is 1. The lowest BCUT2D eigenvalue weighted by Crippen LogP contribution is -2.45. The molecule has 2 atom stereocenters. The predicted octanol–water partition coefficient (Wildman–Crippen LogP) is 6.39. The van der Waals surface area contributed by atoms with Crippen LogP contribution in [0.1, 0.15) is 71.1 Å². The molecule has 1 aromatic carbocycles. The molecule has 6 rings (SSSR count). The lowest BCUT2D eigenvalue weighted by atomic mass is 9.92. The third kappa shape index (κ3) is 6.45.